The molecule has 4 rings (SSSR count). The van der Waals surface area contributed by atoms with E-state index in [2.05, 4.69) is 12.8 Å². The Hall–Kier alpha value is -1.11. The van der Waals surface area contributed by atoms with Crippen LogP contribution in [0.4, 0.5) is 0 Å². The van der Waals surface area contributed by atoms with Gasteiger partial charge in [-0.25, -0.2) is 0 Å². The van der Waals surface area contributed by atoms with Gasteiger partial charge in [-0.3, -0.25) is 4.79 Å². The van der Waals surface area contributed by atoms with Gasteiger partial charge in [-0.15, -0.1) is 6.42 Å². The second kappa shape index (κ2) is 5.44. The van der Waals surface area contributed by atoms with Crippen LogP contribution in [0.2, 0.25) is 0 Å². The first-order chi connectivity index (χ1) is 11.5. The van der Waals surface area contributed by atoms with Crippen molar-refractivity contribution in [3.63, 3.8) is 0 Å². The number of terminal acetylenes is 1. The van der Waals surface area contributed by atoms with Crippen molar-refractivity contribution in [2.45, 2.75) is 70.0 Å². The zero-order chi connectivity index (χ0) is 17.1. The second-order valence-corrected chi connectivity index (χ2v) is 8.53. The molecule has 0 aromatic heterocycles. The Morgan fingerprint density at radius 1 is 1.29 bits per heavy atom. The van der Waals surface area contributed by atoms with Crippen LogP contribution in [0.1, 0.15) is 58.3 Å². The number of rotatable bonds is 1. The van der Waals surface area contributed by atoms with Crippen LogP contribution in [-0.2, 0) is 4.79 Å². The SMILES string of the molecule is C#C[C@]1(O)CC[C@H]2[C@@H]3C[C@@H](O)C4=CC(=O)CCC4[C@H]3CCC21CC. The van der Waals surface area contributed by atoms with Gasteiger partial charge >= 0.3 is 0 Å². The van der Waals surface area contributed by atoms with Gasteiger partial charge in [0.05, 0.1) is 6.10 Å². The molecule has 0 radical (unpaired) electrons. The summed E-state index contributed by atoms with van der Waals surface area (Å²) in [4.78, 5) is 11.8. The molecule has 3 nitrogen and oxygen atoms in total. The van der Waals surface area contributed by atoms with Crippen LogP contribution in [0.15, 0.2) is 11.6 Å². The maximum Gasteiger partial charge on any atom is 0.155 e. The number of hydrogen-bond donors (Lipinski definition) is 2. The van der Waals surface area contributed by atoms with Crippen molar-refractivity contribution in [3.8, 4) is 12.3 Å². The van der Waals surface area contributed by atoms with Gasteiger partial charge in [-0.05, 0) is 80.3 Å². The molecule has 0 aromatic rings. The van der Waals surface area contributed by atoms with Crippen LogP contribution >= 0.6 is 0 Å². The minimum atomic E-state index is -0.985. The van der Waals surface area contributed by atoms with Crippen molar-refractivity contribution >= 4 is 5.78 Å². The van der Waals surface area contributed by atoms with E-state index in [0.29, 0.717) is 36.5 Å². The molecule has 0 bridgehead atoms. The molecule has 0 heterocycles. The predicted molar refractivity (Wildman–Crippen MR) is 91.9 cm³/mol. The molecule has 0 spiro atoms. The van der Waals surface area contributed by atoms with Gasteiger partial charge in [-0.2, -0.15) is 0 Å². The van der Waals surface area contributed by atoms with Gasteiger partial charge in [0, 0.05) is 11.8 Å². The first-order valence-corrected chi connectivity index (χ1v) is 9.58. The first-order valence-electron chi connectivity index (χ1n) is 9.58. The van der Waals surface area contributed by atoms with Crippen molar-refractivity contribution in [1.29, 1.82) is 0 Å². The van der Waals surface area contributed by atoms with E-state index in [4.69, 9.17) is 6.42 Å². The molecule has 130 valence electrons. The first kappa shape index (κ1) is 16.4. The molecule has 7 atom stereocenters. The summed E-state index contributed by atoms with van der Waals surface area (Å²) >= 11 is 0. The molecular formula is C21H28O3. The van der Waals surface area contributed by atoms with Crippen LogP contribution in [-0.4, -0.2) is 27.7 Å². The molecule has 0 saturated heterocycles. The molecule has 4 aliphatic rings. The van der Waals surface area contributed by atoms with E-state index < -0.39 is 11.7 Å². The van der Waals surface area contributed by atoms with E-state index >= 15 is 0 Å². The Morgan fingerprint density at radius 2 is 2.08 bits per heavy atom. The van der Waals surface area contributed by atoms with Crippen molar-refractivity contribution < 1.29 is 15.0 Å². The molecule has 2 N–H and O–H groups in total. The minimum absolute atomic E-state index is 0.167. The Morgan fingerprint density at radius 3 is 2.79 bits per heavy atom. The highest BCUT2D eigenvalue weighted by Crippen LogP contribution is 2.66. The topological polar surface area (TPSA) is 57.5 Å². The third-order valence-electron chi connectivity index (χ3n) is 8.07. The molecule has 2 unspecified atom stereocenters. The van der Waals surface area contributed by atoms with Crippen LogP contribution in [0.5, 0.6) is 0 Å². The number of hydrogen-bond acceptors (Lipinski definition) is 3. The highest BCUT2D eigenvalue weighted by atomic mass is 16.3. The Bertz CT molecular complexity index is 629. The van der Waals surface area contributed by atoms with Gasteiger partial charge in [0.25, 0.3) is 0 Å². The summed E-state index contributed by atoms with van der Waals surface area (Å²) < 4.78 is 0. The van der Waals surface area contributed by atoms with Crippen molar-refractivity contribution in [1.82, 2.24) is 0 Å². The van der Waals surface area contributed by atoms with Crippen LogP contribution in [0, 0.1) is 41.4 Å². The molecular weight excluding hydrogens is 300 g/mol. The zero-order valence-corrected chi connectivity index (χ0v) is 14.5. The van der Waals surface area contributed by atoms with Gasteiger partial charge in [0.1, 0.15) is 5.60 Å². The van der Waals surface area contributed by atoms with Gasteiger partial charge in [0.15, 0.2) is 5.78 Å². The molecule has 3 heteroatoms. The Balaban J connectivity index is 1.71. The van der Waals surface area contributed by atoms with E-state index in [0.717, 1.165) is 44.1 Å². The molecule has 0 aliphatic heterocycles. The maximum absolute atomic E-state index is 11.8. The number of aliphatic hydroxyl groups is 2. The van der Waals surface area contributed by atoms with Crippen LogP contribution < -0.4 is 0 Å². The lowest BCUT2D eigenvalue weighted by Crippen LogP contribution is -2.55. The third kappa shape index (κ3) is 1.96. The summed E-state index contributed by atoms with van der Waals surface area (Å²) in [6, 6.07) is 0. The number of fused-ring (bicyclic) bond motifs is 5. The zero-order valence-electron chi connectivity index (χ0n) is 14.5. The summed E-state index contributed by atoms with van der Waals surface area (Å²) in [7, 11) is 0. The van der Waals surface area contributed by atoms with Crippen LogP contribution in [0.25, 0.3) is 0 Å². The lowest BCUT2D eigenvalue weighted by atomic mass is 9.49. The molecule has 3 fully saturated rings. The average molecular weight is 328 g/mol. The molecule has 4 aliphatic carbocycles. The van der Waals surface area contributed by atoms with Gasteiger partial charge < -0.3 is 10.2 Å². The van der Waals surface area contributed by atoms with E-state index in [1.165, 1.54) is 0 Å². The number of aliphatic hydroxyl groups excluding tert-OH is 1. The third-order valence-corrected chi connectivity index (χ3v) is 8.07. The fourth-order valence-electron chi connectivity index (χ4n) is 6.96. The summed E-state index contributed by atoms with van der Waals surface area (Å²) in [6.45, 7) is 2.16. The van der Waals surface area contributed by atoms with E-state index in [9.17, 15) is 15.0 Å². The lowest BCUT2D eigenvalue weighted by molar-refractivity contribution is -0.119. The minimum Gasteiger partial charge on any atom is -0.389 e. The number of ketones is 1. The molecule has 3 saturated carbocycles. The monoisotopic (exact) mass is 328 g/mol. The van der Waals surface area contributed by atoms with Crippen molar-refractivity contribution in [2.24, 2.45) is 29.1 Å². The van der Waals surface area contributed by atoms with E-state index in [1.54, 1.807) is 6.08 Å². The summed E-state index contributed by atoms with van der Waals surface area (Å²) in [5, 5.41) is 21.8. The average Bonchev–Trinajstić information content (AvgIpc) is 2.89. The largest absolute Gasteiger partial charge is 0.389 e. The smallest absolute Gasteiger partial charge is 0.155 e. The molecule has 0 aromatic carbocycles. The van der Waals surface area contributed by atoms with E-state index in [-0.39, 0.29) is 11.2 Å². The van der Waals surface area contributed by atoms with Gasteiger partial charge in [-0.1, -0.05) is 12.8 Å². The highest BCUT2D eigenvalue weighted by molar-refractivity contribution is 5.91. The van der Waals surface area contributed by atoms with Crippen LogP contribution in [0.3, 0.4) is 0 Å². The van der Waals surface area contributed by atoms with E-state index in [1.807, 2.05) is 0 Å². The lowest BCUT2D eigenvalue weighted by Gasteiger charge is -2.56. The summed E-state index contributed by atoms with van der Waals surface area (Å²) in [6.07, 6.45) is 13.8. The Kier molecular flexibility index (Phi) is 3.71. The van der Waals surface area contributed by atoms with Crippen molar-refractivity contribution in [2.75, 3.05) is 0 Å². The summed E-state index contributed by atoms with van der Waals surface area (Å²) in [5.41, 5.74) is -0.184. The van der Waals surface area contributed by atoms with Gasteiger partial charge in [0.2, 0.25) is 0 Å². The number of carbonyl (C=O) groups excluding carboxylic acids is 1. The molecule has 24 heavy (non-hydrogen) atoms. The number of carbonyl (C=O) groups is 1. The summed E-state index contributed by atoms with van der Waals surface area (Å²) in [5.74, 6) is 4.62. The Labute approximate surface area is 144 Å². The highest BCUT2D eigenvalue weighted by Gasteiger charge is 2.64. The quantitative estimate of drug-likeness (QED) is 0.728. The fraction of sp³-hybridized carbons (Fsp3) is 0.762. The second-order valence-electron chi connectivity index (χ2n) is 8.53. The standard InChI is InChI=1S/C21H28O3/c1-3-20-9-7-15-14-6-5-13(22)11-17(14)19(23)12-16(15)18(20)8-10-21(20,24)4-2/h2,11,14-16,18-19,23-24H,3,5-10,12H2,1H3/t14?,15-,16-,18+,19-,20?,21+/m1/s1. The maximum atomic E-state index is 11.8. The van der Waals surface area contributed by atoms with Crippen molar-refractivity contribution in [3.05, 3.63) is 11.6 Å². The normalized spacial score (nSPS) is 50.3. The fourth-order valence-corrected chi connectivity index (χ4v) is 6.96. The predicted octanol–water partition coefficient (Wildman–Crippen LogP) is 2.85. The molecule has 0 amide bonds.